The van der Waals surface area contributed by atoms with Crippen LogP contribution in [0.15, 0.2) is 54.6 Å². The van der Waals surface area contributed by atoms with Crippen LogP contribution in [0.5, 0.6) is 0 Å². The number of rotatable bonds is 4. The molecule has 0 spiro atoms. The Morgan fingerprint density at radius 2 is 1.65 bits per heavy atom. The van der Waals surface area contributed by atoms with Crippen LogP contribution in [0.25, 0.3) is 5.69 Å². The summed E-state index contributed by atoms with van der Waals surface area (Å²) >= 11 is 0. The summed E-state index contributed by atoms with van der Waals surface area (Å²) in [4.78, 5) is 0. The van der Waals surface area contributed by atoms with Gasteiger partial charge in [0.25, 0.3) is 0 Å². The Hall–Kier alpha value is -2.49. The molecule has 0 aliphatic carbocycles. The maximum atomic E-state index is 4.13. The fourth-order valence-corrected chi connectivity index (χ4v) is 2.15. The van der Waals surface area contributed by atoms with E-state index in [0.29, 0.717) is 0 Å². The Balaban J connectivity index is 1.78. The van der Waals surface area contributed by atoms with E-state index in [-0.39, 0.29) is 0 Å². The average Bonchev–Trinajstić information content (AvgIpc) is 2.95. The lowest BCUT2D eigenvalue weighted by atomic mass is 10.1. The van der Waals surface area contributed by atoms with Crippen molar-refractivity contribution in [3.05, 3.63) is 71.5 Å². The number of benzene rings is 2. The molecule has 1 aromatic heterocycles. The van der Waals surface area contributed by atoms with Crippen molar-refractivity contribution in [1.82, 2.24) is 20.2 Å². The summed E-state index contributed by atoms with van der Waals surface area (Å²) in [6, 6.07) is 18.6. The van der Waals surface area contributed by atoms with Crippen molar-refractivity contribution in [3.63, 3.8) is 0 Å². The van der Waals surface area contributed by atoms with E-state index in [1.165, 1.54) is 11.1 Å². The van der Waals surface area contributed by atoms with E-state index in [0.717, 1.165) is 24.4 Å². The van der Waals surface area contributed by atoms with Gasteiger partial charge in [-0.1, -0.05) is 48.0 Å². The van der Waals surface area contributed by atoms with Crippen LogP contribution in [0, 0.1) is 6.92 Å². The second-order valence-electron chi connectivity index (χ2n) is 4.83. The Morgan fingerprint density at radius 3 is 2.40 bits per heavy atom. The molecule has 3 aromatic rings. The lowest BCUT2D eigenvalue weighted by molar-refractivity contribution is 0.751. The fraction of sp³-hybridized carbons (Fsp3) is 0.188. The van der Waals surface area contributed by atoms with Gasteiger partial charge in [-0.05, 0) is 41.5 Å². The highest BCUT2D eigenvalue weighted by Gasteiger charge is 2.08. The molecule has 0 aliphatic rings. The van der Waals surface area contributed by atoms with Crippen molar-refractivity contribution in [3.8, 4) is 5.69 Å². The molecule has 4 nitrogen and oxygen atoms in total. The highest BCUT2D eigenvalue weighted by Crippen LogP contribution is 2.11. The highest BCUT2D eigenvalue weighted by molar-refractivity contribution is 5.33. The Labute approximate surface area is 118 Å². The van der Waals surface area contributed by atoms with Crippen LogP contribution in [0.2, 0.25) is 0 Å². The molecule has 100 valence electrons. The van der Waals surface area contributed by atoms with Crippen molar-refractivity contribution < 1.29 is 0 Å². The van der Waals surface area contributed by atoms with Gasteiger partial charge in [-0.25, -0.2) is 0 Å². The largest absolute Gasteiger partial charge is 0.197 e. The smallest absolute Gasteiger partial charge is 0.157 e. The number of hydrogen-bond donors (Lipinski definition) is 0. The molecule has 2 aromatic carbocycles. The van der Waals surface area contributed by atoms with Crippen LogP contribution >= 0.6 is 0 Å². The number of aryl methyl sites for hydroxylation is 3. The summed E-state index contributed by atoms with van der Waals surface area (Å²) in [6.45, 7) is 2.07. The molecular weight excluding hydrogens is 248 g/mol. The van der Waals surface area contributed by atoms with Gasteiger partial charge in [-0.3, -0.25) is 0 Å². The molecule has 1 heterocycles. The molecular formula is C16H16N4. The van der Waals surface area contributed by atoms with Crippen molar-refractivity contribution in [1.29, 1.82) is 0 Å². The average molecular weight is 264 g/mol. The van der Waals surface area contributed by atoms with Gasteiger partial charge in [0.2, 0.25) is 0 Å². The summed E-state index contributed by atoms with van der Waals surface area (Å²) < 4.78 is 1.81. The Morgan fingerprint density at radius 1 is 0.900 bits per heavy atom. The Bertz CT molecular complexity index is 671. The third-order valence-electron chi connectivity index (χ3n) is 3.29. The predicted molar refractivity (Wildman–Crippen MR) is 77.7 cm³/mol. The quantitative estimate of drug-likeness (QED) is 0.727. The van der Waals surface area contributed by atoms with Crippen molar-refractivity contribution in [2.75, 3.05) is 0 Å². The SMILES string of the molecule is Cc1ccc(-n2nnnc2CCc2ccccc2)cc1. The summed E-state index contributed by atoms with van der Waals surface area (Å²) in [5, 5.41) is 12.0. The van der Waals surface area contributed by atoms with E-state index in [1.807, 2.05) is 22.9 Å². The van der Waals surface area contributed by atoms with Crippen molar-refractivity contribution >= 4 is 0 Å². The predicted octanol–water partition coefficient (Wildman–Crippen LogP) is 2.76. The molecule has 0 radical (unpaired) electrons. The third-order valence-corrected chi connectivity index (χ3v) is 3.29. The zero-order valence-electron chi connectivity index (χ0n) is 11.4. The van der Waals surface area contributed by atoms with E-state index in [2.05, 4.69) is 58.8 Å². The van der Waals surface area contributed by atoms with Crippen LogP contribution < -0.4 is 0 Å². The highest BCUT2D eigenvalue weighted by atomic mass is 15.5. The topological polar surface area (TPSA) is 43.6 Å². The first kappa shape index (κ1) is 12.5. The van der Waals surface area contributed by atoms with Crippen LogP contribution in [-0.4, -0.2) is 20.2 Å². The fourth-order valence-electron chi connectivity index (χ4n) is 2.15. The summed E-state index contributed by atoms with van der Waals surface area (Å²) in [5.74, 6) is 0.887. The lowest BCUT2D eigenvalue weighted by Gasteiger charge is -2.05. The summed E-state index contributed by atoms with van der Waals surface area (Å²) in [7, 11) is 0. The molecule has 0 N–H and O–H groups in total. The first-order chi connectivity index (χ1) is 9.83. The van der Waals surface area contributed by atoms with E-state index >= 15 is 0 Å². The molecule has 0 saturated heterocycles. The summed E-state index contributed by atoms with van der Waals surface area (Å²) in [5.41, 5.74) is 3.53. The molecule has 20 heavy (non-hydrogen) atoms. The van der Waals surface area contributed by atoms with E-state index in [9.17, 15) is 0 Å². The normalized spacial score (nSPS) is 10.7. The first-order valence-electron chi connectivity index (χ1n) is 6.71. The number of aromatic nitrogens is 4. The zero-order valence-corrected chi connectivity index (χ0v) is 11.4. The van der Waals surface area contributed by atoms with Gasteiger partial charge >= 0.3 is 0 Å². The summed E-state index contributed by atoms with van der Waals surface area (Å²) in [6.07, 6.45) is 1.76. The molecule has 3 rings (SSSR count). The van der Waals surface area contributed by atoms with Crippen LogP contribution in [0.3, 0.4) is 0 Å². The van der Waals surface area contributed by atoms with Crippen molar-refractivity contribution in [2.45, 2.75) is 19.8 Å². The second-order valence-corrected chi connectivity index (χ2v) is 4.83. The Kier molecular flexibility index (Phi) is 3.54. The first-order valence-corrected chi connectivity index (χ1v) is 6.71. The number of nitrogens with zero attached hydrogens (tertiary/aromatic N) is 4. The number of hydrogen-bond acceptors (Lipinski definition) is 3. The molecule has 0 amide bonds. The van der Waals surface area contributed by atoms with Gasteiger partial charge in [0.1, 0.15) is 0 Å². The standard InChI is InChI=1S/C16H16N4/c1-13-7-10-15(11-8-13)20-16(17-18-19-20)12-9-14-5-3-2-4-6-14/h2-8,10-11H,9,12H2,1H3. The molecule has 0 atom stereocenters. The van der Waals surface area contributed by atoms with E-state index in [4.69, 9.17) is 0 Å². The monoisotopic (exact) mass is 264 g/mol. The second kappa shape index (κ2) is 5.65. The van der Waals surface area contributed by atoms with Crippen LogP contribution in [0.4, 0.5) is 0 Å². The van der Waals surface area contributed by atoms with Crippen molar-refractivity contribution in [2.24, 2.45) is 0 Å². The molecule has 0 fully saturated rings. The van der Waals surface area contributed by atoms with Gasteiger partial charge in [-0.2, -0.15) is 4.68 Å². The minimum Gasteiger partial charge on any atom is -0.197 e. The minimum atomic E-state index is 0.824. The molecule has 4 heteroatoms. The van der Waals surface area contributed by atoms with Crippen LogP contribution in [0.1, 0.15) is 17.0 Å². The van der Waals surface area contributed by atoms with Gasteiger partial charge in [-0.15, -0.1) is 5.10 Å². The van der Waals surface area contributed by atoms with E-state index in [1.54, 1.807) is 0 Å². The van der Waals surface area contributed by atoms with Gasteiger partial charge in [0, 0.05) is 6.42 Å². The number of tetrazole rings is 1. The van der Waals surface area contributed by atoms with E-state index < -0.39 is 0 Å². The maximum absolute atomic E-state index is 4.13. The van der Waals surface area contributed by atoms with Gasteiger partial charge in [0.05, 0.1) is 5.69 Å². The van der Waals surface area contributed by atoms with Gasteiger partial charge < -0.3 is 0 Å². The third kappa shape index (κ3) is 2.74. The van der Waals surface area contributed by atoms with Gasteiger partial charge in [0.15, 0.2) is 5.82 Å². The molecule has 0 unspecified atom stereocenters. The maximum Gasteiger partial charge on any atom is 0.157 e. The molecule has 0 saturated carbocycles. The minimum absolute atomic E-state index is 0.824. The molecule has 0 bridgehead atoms. The lowest BCUT2D eigenvalue weighted by Crippen LogP contribution is -2.04. The zero-order chi connectivity index (χ0) is 13.8. The van der Waals surface area contributed by atoms with Crippen LogP contribution in [-0.2, 0) is 12.8 Å². The molecule has 0 aliphatic heterocycles.